The van der Waals surface area contributed by atoms with Crippen molar-refractivity contribution < 1.29 is 9.53 Å². The van der Waals surface area contributed by atoms with Gasteiger partial charge in [0.25, 0.3) is 5.91 Å². The van der Waals surface area contributed by atoms with Crippen LogP contribution in [0.15, 0.2) is 47.4 Å². The first-order valence-electron chi connectivity index (χ1n) is 7.31. The maximum atomic E-state index is 12.8. The smallest absolute Gasteiger partial charge is 0.337 e. The number of carbonyl (C=O) groups is 1. The van der Waals surface area contributed by atoms with E-state index in [1.807, 2.05) is 13.8 Å². The van der Waals surface area contributed by atoms with Crippen molar-refractivity contribution in [3.05, 3.63) is 58.6 Å². The zero-order valence-electron chi connectivity index (χ0n) is 13.2. The summed E-state index contributed by atoms with van der Waals surface area (Å²) < 4.78 is 7.79. The number of imidazole rings is 1. The maximum Gasteiger partial charge on any atom is 0.337 e. The molecule has 6 nitrogen and oxygen atoms in total. The van der Waals surface area contributed by atoms with Gasteiger partial charge in [0.2, 0.25) is 0 Å². The lowest BCUT2D eigenvalue weighted by Gasteiger charge is -2.05. The van der Waals surface area contributed by atoms with E-state index in [1.165, 1.54) is 9.13 Å². The molecule has 0 bridgehead atoms. The van der Waals surface area contributed by atoms with Crippen LogP contribution in [-0.2, 0) is 0 Å². The molecule has 0 aliphatic heterocycles. The van der Waals surface area contributed by atoms with Crippen molar-refractivity contribution in [2.45, 2.75) is 19.9 Å². The molecule has 118 valence electrons. The molecule has 0 aliphatic carbocycles. The van der Waals surface area contributed by atoms with Crippen LogP contribution in [0.3, 0.4) is 0 Å². The van der Waals surface area contributed by atoms with Crippen LogP contribution in [0.25, 0.3) is 11.2 Å². The molecule has 0 spiro atoms. The summed E-state index contributed by atoms with van der Waals surface area (Å²) in [7, 11) is 1.56. The Morgan fingerprint density at radius 2 is 1.87 bits per heavy atom. The molecule has 2 aromatic heterocycles. The fourth-order valence-corrected chi connectivity index (χ4v) is 2.57. The number of fused-ring (bicyclic) bond motifs is 1. The van der Waals surface area contributed by atoms with Gasteiger partial charge in [-0.2, -0.15) is 0 Å². The molecular formula is C17H17N3O3. The van der Waals surface area contributed by atoms with Crippen LogP contribution >= 0.6 is 0 Å². The Morgan fingerprint density at radius 3 is 2.48 bits per heavy atom. The molecule has 3 aromatic rings. The van der Waals surface area contributed by atoms with Crippen molar-refractivity contribution in [3.63, 3.8) is 0 Å². The summed E-state index contributed by atoms with van der Waals surface area (Å²) in [6.45, 7) is 3.77. The van der Waals surface area contributed by atoms with E-state index < -0.39 is 0 Å². The quantitative estimate of drug-likeness (QED) is 0.745. The number of rotatable bonds is 3. The normalized spacial score (nSPS) is 11.1. The Balaban J connectivity index is 2.21. The molecule has 2 heterocycles. The van der Waals surface area contributed by atoms with Crippen LogP contribution < -0.4 is 10.4 Å². The van der Waals surface area contributed by atoms with E-state index in [1.54, 1.807) is 49.7 Å². The highest BCUT2D eigenvalue weighted by atomic mass is 16.5. The van der Waals surface area contributed by atoms with Gasteiger partial charge in [-0.3, -0.25) is 9.36 Å². The third kappa shape index (κ3) is 2.42. The minimum absolute atomic E-state index is 0.0928. The lowest BCUT2D eigenvalue weighted by atomic mass is 10.2. The minimum Gasteiger partial charge on any atom is -0.497 e. The predicted molar refractivity (Wildman–Crippen MR) is 87.1 cm³/mol. The Labute approximate surface area is 132 Å². The van der Waals surface area contributed by atoms with E-state index in [0.717, 1.165) is 0 Å². The molecule has 6 heteroatoms. The highest BCUT2D eigenvalue weighted by Gasteiger charge is 2.21. The molecule has 3 rings (SSSR count). The van der Waals surface area contributed by atoms with E-state index in [4.69, 9.17) is 4.74 Å². The number of methoxy groups -OCH3 is 1. The summed E-state index contributed by atoms with van der Waals surface area (Å²) in [6.07, 6.45) is 1.61. The fraction of sp³-hybridized carbons (Fsp3) is 0.235. The topological polar surface area (TPSA) is 66.1 Å². The lowest BCUT2D eigenvalue weighted by Crippen LogP contribution is -2.30. The van der Waals surface area contributed by atoms with Crippen molar-refractivity contribution in [2.75, 3.05) is 7.11 Å². The molecule has 0 N–H and O–H groups in total. The van der Waals surface area contributed by atoms with E-state index in [2.05, 4.69) is 4.98 Å². The van der Waals surface area contributed by atoms with E-state index in [0.29, 0.717) is 22.5 Å². The minimum atomic E-state index is -0.380. The van der Waals surface area contributed by atoms with Gasteiger partial charge in [0, 0.05) is 17.8 Å². The van der Waals surface area contributed by atoms with Crippen molar-refractivity contribution in [1.82, 2.24) is 14.1 Å². The second-order valence-electron chi connectivity index (χ2n) is 5.46. The third-order valence-electron chi connectivity index (χ3n) is 3.69. The van der Waals surface area contributed by atoms with Gasteiger partial charge in [-0.15, -0.1) is 0 Å². The Bertz CT molecular complexity index is 920. The zero-order valence-corrected chi connectivity index (χ0v) is 13.2. The van der Waals surface area contributed by atoms with Crippen LogP contribution in [0, 0.1) is 0 Å². The lowest BCUT2D eigenvalue weighted by molar-refractivity contribution is 0.0959. The van der Waals surface area contributed by atoms with Crippen LogP contribution in [0.2, 0.25) is 0 Å². The number of benzene rings is 1. The fourth-order valence-electron chi connectivity index (χ4n) is 2.57. The number of carbonyl (C=O) groups excluding carboxylic acids is 1. The van der Waals surface area contributed by atoms with Gasteiger partial charge in [-0.25, -0.2) is 14.3 Å². The molecule has 1 aromatic carbocycles. The molecule has 0 unspecified atom stereocenters. The van der Waals surface area contributed by atoms with Crippen LogP contribution in [0.1, 0.15) is 30.2 Å². The average molecular weight is 311 g/mol. The van der Waals surface area contributed by atoms with Gasteiger partial charge in [0.1, 0.15) is 5.75 Å². The van der Waals surface area contributed by atoms with Crippen molar-refractivity contribution in [2.24, 2.45) is 0 Å². The van der Waals surface area contributed by atoms with Crippen LogP contribution in [0.4, 0.5) is 0 Å². The number of hydrogen-bond donors (Lipinski definition) is 0. The van der Waals surface area contributed by atoms with Gasteiger partial charge in [0.15, 0.2) is 5.65 Å². The first-order chi connectivity index (χ1) is 11.0. The average Bonchev–Trinajstić information content (AvgIpc) is 2.86. The number of nitrogens with zero attached hydrogens (tertiary/aromatic N) is 3. The number of aromatic nitrogens is 3. The highest BCUT2D eigenvalue weighted by Crippen LogP contribution is 2.17. The van der Waals surface area contributed by atoms with Gasteiger partial charge in [-0.05, 0) is 50.2 Å². The molecular weight excluding hydrogens is 294 g/mol. The Morgan fingerprint density at radius 1 is 1.17 bits per heavy atom. The van der Waals surface area contributed by atoms with E-state index in [-0.39, 0.29) is 17.6 Å². The van der Waals surface area contributed by atoms with Gasteiger partial charge in [-0.1, -0.05) is 0 Å². The molecule has 0 amide bonds. The molecule has 0 fully saturated rings. The van der Waals surface area contributed by atoms with E-state index in [9.17, 15) is 9.59 Å². The number of hydrogen-bond acceptors (Lipinski definition) is 4. The largest absolute Gasteiger partial charge is 0.497 e. The Kier molecular flexibility index (Phi) is 3.73. The monoisotopic (exact) mass is 311 g/mol. The molecule has 0 aliphatic rings. The summed E-state index contributed by atoms with van der Waals surface area (Å²) in [5.74, 6) is 0.273. The SMILES string of the molecule is COc1ccc(C(=O)n2c(=O)n(C(C)C)c3ncccc32)cc1. The molecule has 0 radical (unpaired) electrons. The van der Waals surface area contributed by atoms with Crippen LogP contribution in [0.5, 0.6) is 5.75 Å². The second kappa shape index (κ2) is 5.72. The number of ether oxygens (including phenoxy) is 1. The van der Waals surface area contributed by atoms with Crippen molar-refractivity contribution in [3.8, 4) is 5.75 Å². The molecule has 23 heavy (non-hydrogen) atoms. The third-order valence-corrected chi connectivity index (χ3v) is 3.69. The first kappa shape index (κ1) is 15.0. The van der Waals surface area contributed by atoms with Gasteiger partial charge in [0.05, 0.1) is 12.6 Å². The van der Waals surface area contributed by atoms with E-state index >= 15 is 0 Å². The summed E-state index contributed by atoms with van der Waals surface area (Å²) in [6, 6.07) is 10.0. The summed E-state index contributed by atoms with van der Waals surface area (Å²) in [5, 5.41) is 0. The number of pyridine rings is 1. The predicted octanol–water partition coefficient (Wildman–Crippen LogP) is 2.48. The van der Waals surface area contributed by atoms with Crippen molar-refractivity contribution in [1.29, 1.82) is 0 Å². The molecule has 0 atom stereocenters. The van der Waals surface area contributed by atoms with Gasteiger partial charge < -0.3 is 4.74 Å². The first-order valence-corrected chi connectivity index (χ1v) is 7.31. The summed E-state index contributed by atoms with van der Waals surface area (Å²) in [4.78, 5) is 29.8. The second-order valence-corrected chi connectivity index (χ2v) is 5.46. The highest BCUT2D eigenvalue weighted by molar-refractivity contribution is 6.00. The molecule has 0 saturated carbocycles. The maximum absolute atomic E-state index is 12.8. The van der Waals surface area contributed by atoms with Gasteiger partial charge >= 0.3 is 5.69 Å². The standard InChI is InChI=1S/C17H17N3O3/c1-11(2)19-15-14(5-4-10-18-15)20(17(19)22)16(21)12-6-8-13(23-3)9-7-12/h4-11H,1-3H3. The van der Waals surface area contributed by atoms with Crippen LogP contribution in [-0.4, -0.2) is 27.1 Å². The summed E-state index contributed by atoms with van der Waals surface area (Å²) in [5.41, 5.74) is 1.05. The zero-order chi connectivity index (χ0) is 16.6. The Hall–Kier alpha value is -2.89. The summed E-state index contributed by atoms with van der Waals surface area (Å²) >= 11 is 0. The van der Waals surface area contributed by atoms with Crippen molar-refractivity contribution >= 4 is 17.1 Å². The molecule has 0 saturated heterocycles.